The van der Waals surface area contributed by atoms with Gasteiger partial charge >= 0.3 is 0 Å². The van der Waals surface area contributed by atoms with Crippen LogP contribution in [0.5, 0.6) is 5.75 Å². The van der Waals surface area contributed by atoms with Crippen molar-refractivity contribution >= 4 is 5.69 Å². The molecule has 3 rings (SSSR count). The maximum atomic E-state index is 5.42. The fourth-order valence-corrected chi connectivity index (χ4v) is 2.52. The summed E-state index contributed by atoms with van der Waals surface area (Å²) in [5.74, 6) is 1.72. The van der Waals surface area contributed by atoms with Crippen LogP contribution in [-0.2, 0) is 6.54 Å². The van der Waals surface area contributed by atoms with Crippen LogP contribution < -0.4 is 10.1 Å². The molecule has 0 radical (unpaired) electrons. The summed E-state index contributed by atoms with van der Waals surface area (Å²) in [5, 5.41) is 3.47. The summed E-state index contributed by atoms with van der Waals surface area (Å²) in [6.45, 7) is 2.91. The Balaban J connectivity index is 1.71. The number of hydrogen-bond donors (Lipinski definition) is 1. The zero-order chi connectivity index (χ0) is 13.9. The number of methoxy groups -OCH3 is 1. The van der Waals surface area contributed by atoms with E-state index in [1.807, 2.05) is 0 Å². The quantitative estimate of drug-likeness (QED) is 0.861. The van der Waals surface area contributed by atoms with Crippen LogP contribution >= 0.6 is 0 Å². The Kier molecular flexibility index (Phi) is 3.64. The van der Waals surface area contributed by atoms with Gasteiger partial charge in [-0.15, -0.1) is 0 Å². The number of anilines is 1. The fourth-order valence-electron chi connectivity index (χ4n) is 2.52. The van der Waals surface area contributed by atoms with Crippen LogP contribution in [0.4, 0.5) is 5.69 Å². The van der Waals surface area contributed by atoms with Crippen molar-refractivity contribution in [3.8, 4) is 5.75 Å². The highest BCUT2D eigenvalue weighted by Gasteiger charge is 2.23. The third-order valence-electron chi connectivity index (χ3n) is 3.84. The lowest BCUT2D eigenvalue weighted by Gasteiger charge is -2.12. The Morgan fingerprint density at radius 3 is 2.75 bits per heavy atom. The Bertz CT molecular complexity index is 602. The molecule has 0 spiro atoms. The van der Waals surface area contributed by atoms with Crippen LogP contribution in [0.15, 0.2) is 42.5 Å². The molecule has 0 heterocycles. The maximum absolute atomic E-state index is 5.42. The van der Waals surface area contributed by atoms with Gasteiger partial charge in [0.15, 0.2) is 0 Å². The van der Waals surface area contributed by atoms with Gasteiger partial charge in [0.1, 0.15) is 5.75 Å². The van der Waals surface area contributed by atoms with Gasteiger partial charge in [0.05, 0.1) is 12.8 Å². The molecule has 104 valence electrons. The molecule has 20 heavy (non-hydrogen) atoms. The number of nitrogens with one attached hydrogen (secondary N) is 1. The Hall–Kier alpha value is -1.96. The second-order valence-electron chi connectivity index (χ2n) is 5.58. The number of benzene rings is 2. The van der Waals surface area contributed by atoms with Crippen molar-refractivity contribution in [3.63, 3.8) is 0 Å². The third kappa shape index (κ3) is 2.96. The van der Waals surface area contributed by atoms with Crippen molar-refractivity contribution in [3.05, 3.63) is 59.2 Å². The first-order valence-electron chi connectivity index (χ1n) is 7.23. The van der Waals surface area contributed by atoms with Crippen LogP contribution in [0.2, 0.25) is 0 Å². The van der Waals surface area contributed by atoms with Gasteiger partial charge in [0, 0.05) is 6.54 Å². The second-order valence-corrected chi connectivity index (χ2v) is 5.58. The highest BCUT2D eigenvalue weighted by Crippen LogP contribution is 2.40. The van der Waals surface area contributed by atoms with E-state index in [-0.39, 0.29) is 0 Å². The van der Waals surface area contributed by atoms with Crippen molar-refractivity contribution in [1.29, 1.82) is 0 Å². The molecule has 0 amide bonds. The van der Waals surface area contributed by atoms with Gasteiger partial charge in [-0.25, -0.2) is 0 Å². The molecule has 1 saturated carbocycles. The Morgan fingerprint density at radius 2 is 2.00 bits per heavy atom. The van der Waals surface area contributed by atoms with Gasteiger partial charge in [-0.3, -0.25) is 0 Å². The fraction of sp³-hybridized carbons (Fsp3) is 0.333. The molecule has 1 aliphatic carbocycles. The first-order chi connectivity index (χ1) is 9.76. The maximum Gasteiger partial charge on any atom is 0.142 e. The zero-order valence-corrected chi connectivity index (χ0v) is 12.1. The number of ether oxygens (including phenoxy) is 1. The summed E-state index contributed by atoms with van der Waals surface area (Å²) in [5.41, 5.74) is 5.08. The van der Waals surface area contributed by atoms with E-state index >= 15 is 0 Å². The van der Waals surface area contributed by atoms with Gasteiger partial charge in [0.2, 0.25) is 0 Å². The largest absolute Gasteiger partial charge is 0.495 e. The lowest BCUT2D eigenvalue weighted by atomic mass is 10.1. The highest BCUT2D eigenvalue weighted by molar-refractivity contribution is 5.57. The summed E-state index contributed by atoms with van der Waals surface area (Å²) in [6.07, 6.45) is 2.70. The SMILES string of the molecule is COc1cc(C)ccc1NCc1cccc(C2CC2)c1. The average Bonchev–Trinajstić information content (AvgIpc) is 3.31. The molecular formula is C18H21NO. The molecule has 1 aliphatic rings. The molecule has 0 unspecified atom stereocenters. The van der Waals surface area contributed by atoms with E-state index in [1.165, 1.54) is 29.5 Å². The first kappa shape index (κ1) is 13.0. The lowest BCUT2D eigenvalue weighted by Crippen LogP contribution is -2.02. The van der Waals surface area contributed by atoms with Crippen molar-refractivity contribution in [2.45, 2.75) is 32.2 Å². The van der Waals surface area contributed by atoms with Crippen molar-refractivity contribution in [2.75, 3.05) is 12.4 Å². The number of hydrogen-bond acceptors (Lipinski definition) is 2. The van der Waals surface area contributed by atoms with Gasteiger partial charge in [0.25, 0.3) is 0 Å². The molecule has 0 aromatic heterocycles. The molecule has 0 saturated heterocycles. The minimum absolute atomic E-state index is 0.809. The molecule has 0 aliphatic heterocycles. The molecular weight excluding hydrogens is 246 g/mol. The molecule has 2 heteroatoms. The summed E-state index contributed by atoms with van der Waals surface area (Å²) in [6, 6.07) is 15.2. The Morgan fingerprint density at radius 1 is 1.15 bits per heavy atom. The molecule has 0 bridgehead atoms. The predicted molar refractivity (Wildman–Crippen MR) is 83.5 cm³/mol. The summed E-state index contributed by atoms with van der Waals surface area (Å²) >= 11 is 0. The summed E-state index contributed by atoms with van der Waals surface area (Å²) in [4.78, 5) is 0. The van der Waals surface area contributed by atoms with E-state index in [9.17, 15) is 0 Å². The second kappa shape index (κ2) is 5.58. The van der Waals surface area contributed by atoms with E-state index in [4.69, 9.17) is 4.74 Å². The lowest BCUT2D eigenvalue weighted by molar-refractivity contribution is 0.416. The van der Waals surface area contributed by atoms with Crippen LogP contribution in [0, 0.1) is 6.92 Å². The van der Waals surface area contributed by atoms with Crippen LogP contribution in [0.3, 0.4) is 0 Å². The van der Waals surface area contributed by atoms with Crippen LogP contribution in [-0.4, -0.2) is 7.11 Å². The van der Waals surface area contributed by atoms with E-state index in [0.717, 1.165) is 23.9 Å². The van der Waals surface area contributed by atoms with Crippen molar-refractivity contribution in [1.82, 2.24) is 0 Å². The van der Waals surface area contributed by atoms with E-state index in [1.54, 1.807) is 7.11 Å². The van der Waals surface area contributed by atoms with Gasteiger partial charge < -0.3 is 10.1 Å². The third-order valence-corrected chi connectivity index (χ3v) is 3.84. The summed E-state index contributed by atoms with van der Waals surface area (Å²) in [7, 11) is 1.72. The molecule has 2 nitrogen and oxygen atoms in total. The highest BCUT2D eigenvalue weighted by atomic mass is 16.5. The molecule has 0 atom stereocenters. The monoisotopic (exact) mass is 267 g/mol. The molecule has 2 aromatic rings. The van der Waals surface area contributed by atoms with Crippen LogP contribution in [0.25, 0.3) is 0 Å². The van der Waals surface area contributed by atoms with E-state index in [0.29, 0.717) is 0 Å². The predicted octanol–water partition coefficient (Wildman–Crippen LogP) is 4.49. The number of aryl methyl sites for hydroxylation is 1. The van der Waals surface area contributed by atoms with E-state index in [2.05, 4.69) is 54.7 Å². The molecule has 1 N–H and O–H groups in total. The average molecular weight is 267 g/mol. The molecule has 1 fully saturated rings. The van der Waals surface area contributed by atoms with Gasteiger partial charge in [-0.2, -0.15) is 0 Å². The smallest absolute Gasteiger partial charge is 0.142 e. The zero-order valence-electron chi connectivity index (χ0n) is 12.1. The minimum atomic E-state index is 0.809. The normalized spacial score (nSPS) is 14.1. The van der Waals surface area contributed by atoms with Crippen molar-refractivity contribution in [2.24, 2.45) is 0 Å². The topological polar surface area (TPSA) is 21.3 Å². The molecule has 2 aromatic carbocycles. The van der Waals surface area contributed by atoms with Gasteiger partial charge in [-0.05, 0) is 54.5 Å². The summed E-state index contributed by atoms with van der Waals surface area (Å²) < 4.78 is 5.42. The first-order valence-corrected chi connectivity index (χ1v) is 7.23. The number of rotatable bonds is 5. The minimum Gasteiger partial charge on any atom is -0.495 e. The Labute approximate surface area is 120 Å². The van der Waals surface area contributed by atoms with E-state index < -0.39 is 0 Å². The standard InChI is InChI=1S/C18H21NO/c1-13-6-9-17(18(10-13)20-2)19-12-14-4-3-5-16(11-14)15-7-8-15/h3-6,9-11,15,19H,7-8,12H2,1-2H3. The van der Waals surface area contributed by atoms with Crippen LogP contribution in [0.1, 0.15) is 35.4 Å². The van der Waals surface area contributed by atoms with Crippen molar-refractivity contribution < 1.29 is 4.74 Å². The van der Waals surface area contributed by atoms with Gasteiger partial charge in [-0.1, -0.05) is 30.3 Å².